The highest BCUT2D eigenvalue weighted by atomic mass is 16.5. The first kappa shape index (κ1) is 21.1. The van der Waals surface area contributed by atoms with E-state index in [0.717, 1.165) is 12.8 Å². The van der Waals surface area contributed by atoms with E-state index < -0.39 is 24.3 Å². The molecule has 10 unspecified atom stereocenters. The summed E-state index contributed by atoms with van der Waals surface area (Å²) in [5, 5.41) is 20.8. The van der Waals surface area contributed by atoms with Crippen LogP contribution in [0.25, 0.3) is 0 Å². The van der Waals surface area contributed by atoms with Crippen molar-refractivity contribution < 1.29 is 19.7 Å². The molecule has 2 aliphatic rings. The van der Waals surface area contributed by atoms with Crippen LogP contribution in [0.1, 0.15) is 40.5 Å². The minimum absolute atomic E-state index is 0.118. The fourth-order valence-corrected chi connectivity index (χ4v) is 5.40. The second-order valence-corrected chi connectivity index (χ2v) is 9.00. The van der Waals surface area contributed by atoms with Gasteiger partial charge >= 0.3 is 0 Å². The molecule has 0 bridgehead atoms. The van der Waals surface area contributed by atoms with E-state index >= 15 is 0 Å². The molecule has 0 aromatic heterocycles. The number of ether oxygens (including phenoxy) is 2. The Balaban J connectivity index is 2.34. The van der Waals surface area contributed by atoms with Gasteiger partial charge in [-0.25, -0.2) is 0 Å². The van der Waals surface area contributed by atoms with Crippen LogP contribution in [-0.2, 0) is 9.47 Å². The largest absolute Gasteiger partial charge is 0.391 e. The summed E-state index contributed by atoms with van der Waals surface area (Å²) in [6, 6.07) is -0.807. The predicted molar refractivity (Wildman–Crippen MR) is 97.9 cm³/mol. The van der Waals surface area contributed by atoms with Crippen LogP contribution >= 0.6 is 0 Å². The van der Waals surface area contributed by atoms with Gasteiger partial charge in [0.2, 0.25) is 0 Å². The van der Waals surface area contributed by atoms with Crippen LogP contribution in [0.4, 0.5) is 0 Å². The molecule has 6 nitrogen and oxygen atoms in total. The zero-order valence-electron chi connectivity index (χ0n) is 16.6. The average Bonchev–Trinajstić information content (AvgIpc) is 2.56. The van der Waals surface area contributed by atoms with E-state index in [1.54, 1.807) is 14.2 Å². The van der Waals surface area contributed by atoms with Gasteiger partial charge in [0.25, 0.3) is 0 Å². The van der Waals surface area contributed by atoms with Crippen molar-refractivity contribution in [2.75, 3.05) is 14.2 Å². The van der Waals surface area contributed by atoms with Crippen molar-refractivity contribution in [3.8, 4) is 0 Å². The topological polar surface area (TPSA) is 111 Å². The molecule has 0 aliphatic heterocycles. The average molecular weight is 359 g/mol. The van der Waals surface area contributed by atoms with Crippen LogP contribution in [0.5, 0.6) is 0 Å². The Bertz CT molecular complexity index is 409. The smallest absolute Gasteiger partial charge is 0.0780 e. The van der Waals surface area contributed by atoms with Gasteiger partial charge in [-0.2, -0.15) is 0 Å². The lowest BCUT2D eigenvalue weighted by Crippen LogP contribution is -2.64. The molecule has 2 rings (SSSR count). The standard InChI is InChI=1S/C19H38N2O4/c1-9-7-11(17(24-5)13(20)15(9)22)19(3,4)12-8-10(2)16(23)14(21)18(12)25-6/h9-18,22-23H,7-8,20-21H2,1-6H3. The molecule has 2 fully saturated rings. The lowest BCUT2D eigenvalue weighted by Gasteiger charge is -2.55. The van der Waals surface area contributed by atoms with E-state index in [9.17, 15) is 10.2 Å². The lowest BCUT2D eigenvalue weighted by atomic mass is 9.55. The summed E-state index contributed by atoms with van der Waals surface area (Å²) in [7, 11) is 3.34. The first-order valence-electron chi connectivity index (χ1n) is 9.50. The highest BCUT2D eigenvalue weighted by Gasteiger charge is 2.54. The summed E-state index contributed by atoms with van der Waals surface area (Å²) in [6.45, 7) is 8.56. The van der Waals surface area contributed by atoms with Crippen molar-refractivity contribution in [3.05, 3.63) is 0 Å². The van der Waals surface area contributed by atoms with Crippen molar-refractivity contribution in [2.45, 2.75) is 77.0 Å². The molecule has 148 valence electrons. The Labute approximate surface area is 152 Å². The van der Waals surface area contributed by atoms with Crippen molar-refractivity contribution in [1.29, 1.82) is 0 Å². The fraction of sp³-hybridized carbons (Fsp3) is 1.00. The number of rotatable bonds is 4. The van der Waals surface area contributed by atoms with Gasteiger partial charge in [0, 0.05) is 14.2 Å². The van der Waals surface area contributed by atoms with Crippen molar-refractivity contribution in [1.82, 2.24) is 0 Å². The molecule has 0 heterocycles. The van der Waals surface area contributed by atoms with E-state index in [1.807, 2.05) is 13.8 Å². The van der Waals surface area contributed by atoms with Crippen LogP contribution in [0.15, 0.2) is 0 Å². The van der Waals surface area contributed by atoms with Crippen LogP contribution in [0, 0.1) is 29.1 Å². The van der Waals surface area contributed by atoms with E-state index in [1.165, 1.54) is 0 Å². The molecule has 25 heavy (non-hydrogen) atoms. The quantitative estimate of drug-likeness (QED) is 0.590. The summed E-state index contributed by atoms with van der Waals surface area (Å²) in [5.41, 5.74) is 12.5. The molecule has 6 heteroatoms. The van der Waals surface area contributed by atoms with Gasteiger partial charge in [-0.1, -0.05) is 27.7 Å². The molecule has 0 radical (unpaired) electrons. The molecule has 0 spiro atoms. The molecule has 0 saturated heterocycles. The molecule has 2 saturated carbocycles. The van der Waals surface area contributed by atoms with Crippen LogP contribution in [-0.4, -0.2) is 60.9 Å². The molecular formula is C19H38N2O4. The lowest BCUT2D eigenvalue weighted by molar-refractivity contribution is -0.154. The van der Waals surface area contributed by atoms with E-state index in [2.05, 4.69) is 13.8 Å². The van der Waals surface area contributed by atoms with Gasteiger partial charge < -0.3 is 31.2 Å². The second-order valence-electron chi connectivity index (χ2n) is 9.00. The molecular weight excluding hydrogens is 320 g/mol. The van der Waals surface area contributed by atoms with Crippen molar-refractivity contribution in [3.63, 3.8) is 0 Å². The second kappa shape index (κ2) is 7.79. The Kier molecular flexibility index (Phi) is 6.56. The third-order valence-electron chi connectivity index (χ3n) is 7.21. The maximum absolute atomic E-state index is 10.4. The first-order valence-corrected chi connectivity index (χ1v) is 9.50. The van der Waals surface area contributed by atoms with Gasteiger partial charge in [-0.3, -0.25) is 0 Å². The summed E-state index contributed by atoms with van der Waals surface area (Å²) < 4.78 is 11.5. The predicted octanol–water partition coefficient (Wildman–Crippen LogP) is 0.731. The number of hydrogen-bond donors (Lipinski definition) is 4. The highest BCUT2D eigenvalue weighted by molar-refractivity contribution is 5.06. The van der Waals surface area contributed by atoms with Crippen LogP contribution in [0.2, 0.25) is 0 Å². The van der Waals surface area contributed by atoms with Crippen LogP contribution < -0.4 is 11.5 Å². The van der Waals surface area contributed by atoms with E-state index in [4.69, 9.17) is 20.9 Å². The van der Waals surface area contributed by atoms with Gasteiger partial charge in [0.05, 0.1) is 36.5 Å². The third-order valence-corrected chi connectivity index (χ3v) is 7.21. The Morgan fingerprint density at radius 2 is 1.12 bits per heavy atom. The highest BCUT2D eigenvalue weighted by Crippen LogP contribution is 2.51. The summed E-state index contributed by atoms with van der Waals surface area (Å²) in [4.78, 5) is 0. The number of methoxy groups -OCH3 is 2. The van der Waals surface area contributed by atoms with E-state index in [0.29, 0.717) is 0 Å². The maximum Gasteiger partial charge on any atom is 0.0780 e. The Morgan fingerprint density at radius 3 is 1.40 bits per heavy atom. The zero-order valence-corrected chi connectivity index (χ0v) is 16.6. The minimum atomic E-state index is -0.551. The minimum Gasteiger partial charge on any atom is -0.391 e. The van der Waals surface area contributed by atoms with Gasteiger partial charge in [-0.15, -0.1) is 0 Å². The Hall–Kier alpha value is -0.240. The Morgan fingerprint density at radius 1 is 0.800 bits per heavy atom. The summed E-state index contributed by atoms with van der Waals surface area (Å²) in [6.07, 6.45) is 0.169. The maximum atomic E-state index is 10.4. The van der Waals surface area contributed by atoms with Gasteiger partial charge in [-0.05, 0) is 41.9 Å². The first-order chi connectivity index (χ1) is 11.6. The molecule has 0 aromatic rings. The molecule has 6 N–H and O–H groups in total. The number of aliphatic hydroxyl groups excluding tert-OH is 2. The molecule has 0 aromatic carbocycles. The monoisotopic (exact) mass is 358 g/mol. The molecule has 0 amide bonds. The number of hydrogen-bond acceptors (Lipinski definition) is 6. The number of aliphatic hydroxyl groups is 2. The third kappa shape index (κ3) is 3.62. The normalized spacial score (nSPS) is 49.2. The SMILES string of the molecule is COC1C(N)C(O)C(C)CC1C(C)(C)C1CC(C)C(O)C(N)C1OC. The summed E-state index contributed by atoms with van der Waals surface area (Å²) >= 11 is 0. The molecule has 2 aliphatic carbocycles. The van der Waals surface area contributed by atoms with Gasteiger partial charge in [0.1, 0.15) is 0 Å². The van der Waals surface area contributed by atoms with Gasteiger partial charge in [0.15, 0.2) is 0 Å². The summed E-state index contributed by atoms with van der Waals surface area (Å²) in [5.74, 6) is 0.602. The fourth-order valence-electron chi connectivity index (χ4n) is 5.40. The number of nitrogens with two attached hydrogens (primary N) is 2. The van der Waals surface area contributed by atoms with Crippen molar-refractivity contribution in [2.24, 2.45) is 40.6 Å². The zero-order chi connectivity index (χ0) is 19.1. The molecule has 10 atom stereocenters. The van der Waals surface area contributed by atoms with E-state index in [-0.39, 0.29) is 41.3 Å². The van der Waals surface area contributed by atoms with Crippen molar-refractivity contribution >= 4 is 0 Å². The van der Waals surface area contributed by atoms with Crippen LogP contribution in [0.3, 0.4) is 0 Å².